The highest BCUT2D eigenvalue weighted by Crippen LogP contribution is 2.36. The lowest BCUT2D eigenvalue weighted by molar-refractivity contribution is 0.0210. The Kier molecular flexibility index (Phi) is 3.52. The van der Waals surface area contributed by atoms with Crippen molar-refractivity contribution in [3.63, 3.8) is 0 Å². The summed E-state index contributed by atoms with van der Waals surface area (Å²) in [5.74, 6) is -2.59. The number of alkyl halides is 2. The topological polar surface area (TPSA) is 32.3 Å². The van der Waals surface area contributed by atoms with Gasteiger partial charge in [-0.15, -0.1) is 12.4 Å². The highest BCUT2D eigenvalue weighted by atomic mass is 35.5. The first-order valence-corrected chi connectivity index (χ1v) is 4.48. The molecule has 0 aromatic heterocycles. The van der Waals surface area contributed by atoms with Crippen LogP contribution < -0.4 is 5.32 Å². The summed E-state index contributed by atoms with van der Waals surface area (Å²) in [4.78, 5) is 0. The summed E-state index contributed by atoms with van der Waals surface area (Å²) in [7, 11) is 0. The van der Waals surface area contributed by atoms with E-state index in [-0.39, 0.29) is 31.1 Å². The summed E-state index contributed by atoms with van der Waals surface area (Å²) in [6, 6.07) is 6.13. The molecule has 5 heteroatoms. The van der Waals surface area contributed by atoms with E-state index in [0.717, 1.165) is 0 Å². The van der Waals surface area contributed by atoms with Gasteiger partial charge in [-0.2, -0.15) is 0 Å². The number of hydrogen-bond donors (Lipinski definition) is 2. The summed E-state index contributed by atoms with van der Waals surface area (Å²) >= 11 is 0. The maximum Gasteiger partial charge on any atom is 0.262 e. The molecule has 0 radical (unpaired) electrons. The van der Waals surface area contributed by atoms with Crippen molar-refractivity contribution in [1.29, 1.82) is 0 Å². The van der Waals surface area contributed by atoms with Crippen molar-refractivity contribution in [2.24, 2.45) is 0 Å². The molecule has 1 heterocycles. The van der Waals surface area contributed by atoms with Crippen molar-refractivity contribution in [3.05, 3.63) is 29.8 Å². The second-order valence-electron chi connectivity index (χ2n) is 3.55. The Bertz CT molecular complexity index is 346. The second-order valence-corrected chi connectivity index (χ2v) is 3.55. The van der Waals surface area contributed by atoms with Crippen LogP contribution in [-0.2, 0) is 0 Å². The number of hydrogen-bond acceptors (Lipinski definition) is 2. The molecule has 15 heavy (non-hydrogen) atoms. The normalized spacial score (nSPS) is 23.5. The zero-order valence-corrected chi connectivity index (χ0v) is 8.73. The van der Waals surface area contributed by atoms with Gasteiger partial charge in [-0.1, -0.05) is 18.2 Å². The Morgan fingerprint density at radius 1 is 1.33 bits per heavy atom. The van der Waals surface area contributed by atoms with Crippen LogP contribution in [0.5, 0.6) is 5.75 Å². The van der Waals surface area contributed by atoms with Crippen molar-refractivity contribution in [3.8, 4) is 5.75 Å². The van der Waals surface area contributed by atoms with Crippen LogP contribution in [0.3, 0.4) is 0 Å². The Hall–Kier alpha value is -0.870. The molecular formula is C10H12ClF2NO. The molecule has 1 aliphatic rings. The molecule has 1 aromatic rings. The molecule has 0 saturated carbocycles. The van der Waals surface area contributed by atoms with Gasteiger partial charge in [-0.25, -0.2) is 8.78 Å². The molecule has 0 amide bonds. The maximum absolute atomic E-state index is 12.9. The summed E-state index contributed by atoms with van der Waals surface area (Å²) in [5.41, 5.74) is 0.546. The van der Waals surface area contributed by atoms with Gasteiger partial charge < -0.3 is 10.4 Å². The van der Waals surface area contributed by atoms with Gasteiger partial charge in [-0.3, -0.25) is 0 Å². The summed E-state index contributed by atoms with van der Waals surface area (Å²) in [6.07, 6.45) is -0.245. The SMILES string of the molecule is Cl.Oc1ccccc1C1CC(F)(F)CN1. The van der Waals surface area contributed by atoms with Gasteiger partial charge in [-0.05, 0) is 6.07 Å². The van der Waals surface area contributed by atoms with Gasteiger partial charge in [0.1, 0.15) is 5.75 Å². The highest BCUT2D eigenvalue weighted by molar-refractivity contribution is 5.85. The third kappa shape index (κ3) is 2.58. The van der Waals surface area contributed by atoms with Crippen molar-refractivity contribution >= 4 is 12.4 Å². The molecule has 1 saturated heterocycles. The largest absolute Gasteiger partial charge is 0.508 e. The van der Waals surface area contributed by atoms with E-state index < -0.39 is 12.0 Å². The minimum absolute atomic E-state index is 0. The zero-order valence-electron chi connectivity index (χ0n) is 7.91. The van der Waals surface area contributed by atoms with E-state index >= 15 is 0 Å². The van der Waals surface area contributed by atoms with Crippen molar-refractivity contribution in [2.75, 3.05) is 6.54 Å². The van der Waals surface area contributed by atoms with E-state index in [1.807, 2.05) is 0 Å². The van der Waals surface area contributed by atoms with Gasteiger partial charge in [0.05, 0.1) is 6.54 Å². The second kappa shape index (κ2) is 4.33. The fourth-order valence-electron chi connectivity index (χ4n) is 1.72. The molecule has 2 N–H and O–H groups in total. The lowest BCUT2D eigenvalue weighted by Gasteiger charge is -2.11. The van der Waals surface area contributed by atoms with E-state index in [1.165, 1.54) is 6.07 Å². The molecule has 1 unspecified atom stereocenters. The predicted octanol–water partition coefficient (Wildman–Crippen LogP) is 2.48. The van der Waals surface area contributed by atoms with E-state index in [0.29, 0.717) is 5.56 Å². The minimum Gasteiger partial charge on any atom is -0.508 e. The number of phenolic OH excluding ortho intramolecular Hbond substituents is 1. The van der Waals surface area contributed by atoms with Crippen LogP contribution in [0.4, 0.5) is 8.78 Å². The number of phenols is 1. The monoisotopic (exact) mass is 235 g/mol. The first kappa shape index (κ1) is 12.2. The predicted molar refractivity (Wildman–Crippen MR) is 55.7 cm³/mol. The molecule has 1 atom stereocenters. The number of nitrogens with one attached hydrogen (secondary N) is 1. The van der Waals surface area contributed by atoms with Crippen LogP contribution in [0.2, 0.25) is 0 Å². The Morgan fingerprint density at radius 3 is 2.53 bits per heavy atom. The van der Waals surface area contributed by atoms with Crippen LogP contribution in [0, 0.1) is 0 Å². The van der Waals surface area contributed by atoms with Crippen molar-refractivity contribution in [2.45, 2.75) is 18.4 Å². The number of para-hydroxylation sites is 1. The molecule has 1 aromatic carbocycles. The Balaban J connectivity index is 0.00000112. The third-order valence-corrected chi connectivity index (χ3v) is 2.42. The minimum atomic E-state index is -2.66. The molecule has 0 aliphatic carbocycles. The summed E-state index contributed by atoms with van der Waals surface area (Å²) in [6.45, 7) is -0.313. The molecule has 2 nitrogen and oxygen atoms in total. The van der Waals surface area contributed by atoms with Gasteiger partial charge in [0, 0.05) is 18.0 Å². The third-order valence-electron chi connectivity index (χ3n) is 2.42. The van der Waals surface area contributed by atoms with Gasteiger partial charge in [0.15, 0.2) is 0 Å². The standard InChI is InChI=1S/C10H11F2NO.ClH/c11-10(12)5-8(13-6-10)7-3-1-2-4-9(7)14;/h1-4,8,13-14H,5-6H2;1H. The first-order valence-electron chi connectivity index (χ1n) is 4.48. The number of halogens is 3. The Morgan fingerprint density at radius 2 is 2.00 bits per heavy atom. The quantitative estimate of drug-likeness (QED) is 0.784. The molecular weight excluding hydrogens is 224 g/mol. The van der Waals surface area contributed by atoms with Gasteiger partial charge in [0.25, 0.3) is 5.92 Å². The van der Waals surface area contributed by atoms with Crippen molar-refractivity contribution in [1.82, 2.24) is 5.32 Å². The lowest BCUT2D eigenvalue weighted by atomic mass is 10.0. The molecule has 0 bridgehead atoms. The summed E-state index contributed by atoms with van der Waals surface area (Å²) < 4.78 is 25.7. The molecule has 1 fully saturated rings. The molecule has 2 rings (SSSR count). The summed E-state index contributed by atoms with van der Waals surface area (Å²) in [5, 5.41) is 12.2. The fourth-order valence-corrected chi connectivity index (χ4v) is 1.72. The lowest BCUT2D eigenvalue weighted by Crippen LogP contribution is -2.19. The van der Waals surface area contributed by atoms with Gasteiger partial charge >= 0.3 is 0 Å². The fraction of sp³-hybridized carbons (Fsp3) is 0.400. The Labute approximate surface area is 92.7 Å². The van der Waals surface area contributed by atoms with Crippen LogP contribution >= 0.6 is 12.4 Å². The van der Waals surface area contributed by atoms with Crippen molar-refractivity contribution < 1.29 is 13.9 Å². The van der Waals surface area contributed by atoms with E-state index in [4.69, 9.17) is 0 Å². The zero-order chi connectivity index (χ0) is 10.2. The van der Waals surface area contributed by atoms with Crippen LogP contribution in [0.1, 0.15) is 18.0 Å². The van der Waals surface area contributed by atoms with E-state index in [2.05, 4.69) is 5.32 Å². The van der Waals surface area contributed by atoms with Gasteiger partial charge in [0.2, 0.25) is 0 Å². The average Bonchev–Trinajstić information content (AvgIpc) is 2.47. The maximum atomic E-state index is 12.9. The first-order chi connectivity index (χ1) is 6.58. The average molecular weight is 236 g/mol. The van der Waals surface area contributed by atoms with Crippen LogP contribution in [0.25, 0.3) is 0 Å². The number of rotatable bonds is 1. The van der Waals surface area contributed by atoms with E-state index in [1.54, 1.807) is 18.2 Å². The van der Waals surface area contributed by atoms with E-state index in [9.17, 15) is 13.9 Å². The van der Waals surface area contributed by atoms with Crippen LogP contribution in [-0.4, -0.2) is 17.6 Å². The number of benzene rings is 1. The van der Waals surface area contributed by atoms with Crippen LogP contribution in [0.15, 0.2) is 24.3 Å². The molecule has 1 aliphatic heterocycles. The molecule has 84 valence electrons. The highest BCUT2D eigenvalue weighted by Gasteiger charge is 2.40. The smallest absolute Gasteiger partial charge is 0.262 e. The number of aromatic hydroxyl groups is 1. The molecule has 0 spiro atoms.